The first kappa shape index (κ1) is 19.3. The highest BCUT2D eigenvalue weighted by Crippen LogP contribution is 2.24. The van der Waals surface area contributed by atoms with E-state index < -0.39 is 0 Å². The minimum absolute atomic E-state index is 0.235. The van der Waals surface area contributed by atoms with Crippen LogP contribution in [0.1, 0.15) is 17.5 Å². The fourth-order valence-electron chi connectivity index (χ4n) is 2.59. The van der Waals surface area contributed by atoms with Gasteiger partial charge >= 0.3 is 0 Å². The number of pyridine rings is 2. The van der Waals surface area contributed by atoms with Crippen LogP contribution in [-0.2, 0) is 24.5 Å². The lowest BCUT2D eigenvalue weighted by molar-refractivity contribution is -0.726. The normalized spacial score (nSPS) is 11.0. The zero-order valence-corrected chi connectivity index (χ0v) is 16.4. The summed E-state index contributed by atoms with van der Waals surface area (Å²) in [5.74, 6) is 0. The van der Waals surface area contributed by atoms with E-state index in [-0.39, 0.29) is 6.61 Å². The van der Waals surface area contributed by atoms with Gasteiger partial charge in [0.1, 0.15) is 6.61 Å². The Kier molecular flexibility index (Phi) is 7.19. The number of halogens is 2. The first-order valence-corrected chi connectivity index (χ1v) is 9.49. The number of nitrogens with zero attached hydrogens (tertiary/aromatic N) is 3. The van der Waals surface area contributed by atoms with Crippen molar-refractivity contribution in [2.75, 3.05) is 0 Å². The van der Waals surface area contributed by atoms with Gasteiger partial charge in [0.15, 0.2) is 37.9 Å². The highest BCUT2D eigenvalue weighted by molar-refractivity contribution is 6.35. The maximum atomic E-state index is 6.10. The maximum Gasteiger partial charge on any atom is 0.169 e. The number of rotatable bonds is 8. The molecule has 0 N–H and O–H groups in total. The van der Waals surface area contributed by atoms with Crippen LogP contribution in [0.3, 0.4) is 0 Å². The van der Waals surface area contributed by atoms with Crippen molar-refractivity contribution >= 4 is 29.4 Å². The van der Waals surface area contributed by atoms with E-state index >= 15 is 0 Å². The van der Waals surface area contributed by atoms with Crippen molar-refractivity contribution in [3.63, 3.8) is 0 Å². The minimum atomic E-state index is 0.235. The van der Waals surface area contributed by atoms with E-state index in [4.69, 9.17) is 28.0 Å². The Morgan fingerprint density at radius 1 is 0.815 bits per heavy atom. The lowest BCUT2D eigenvalue weighted by atomic mass is 10.2. The van der Waals surface area contributed by atoms with E-state index in [9.17, 15) is 0 Å². The van der Waals surface area contributed by atoms with E-state index in [0.29, 0.717) is 10.0 Å². The maximum absolute atomic E-state index is 6.10. The summed E-state index contributed by atoms with van der Waals surface area (Å²) in [6.45, 7) is 2.19. The Morgan fingerprint density at radius 3 is 2.11 bits per heavy atom. The van der Waals surface area contributed by atoms with Crippen LogP contribution < -0.4 is 9.13 Å². The molecule has 0 saturated heterocycles. The number of benzene rings is 1. The van der Waals surface area contributed by atoms with Gasteiger partial charge < -0.3 is 4.84 Å². The van der Waals surface area contributed by atoms with E-state index in [1.807, 2.05) is 42.7 Å². The average Bonchev–Trinajstić information content (AvgIpc) is 2.69. The fourth-order valence-corrected chi connectivity index (χ4v) is 3.10. The van der Waals surface area contributed by atoms with Crippen LogP contribution in [0.25, 0.3) is 0 Å². The van der Waals surface area contributed by atoms with Gasteiger partial charge in [-0.05, 0) is 12.1 Å². The summed E-state index contributed by atoms with van der Waals surface area (Å²) < 4.78 is 4.34. The van der Waals surface area contributed by atoms with Gasteiger partial charge in [0, 0.05) is 45.4 Å². The second-order valence-corrected chi connectivity index (χ2v) is 6.86. The van der Waals surface area contributed by atoms with Gasteiger partial charge in [0.2, 0.25) is 0 Å². The second-order valence-electron chi connectivity index (χ2n) is 6.04. The predicted molar refractivity (Wildman–Crippen MR) is 107 cm³/mol. The summed E-state index contributed by atoms with van der Waals surface area (Å²) in [7, 11) is 0. The molecule has 0 saturated carbocycles. The molecule has 138 valence electrons. The van der Waals surface area contributed by atoms with Crippen molar-refractivity contribution in [1.29, 1.82) is 0 Å². The van der Waals surface area contributed by atoms with Gasteiger partial charge in [-0.1, -0.05) is 40.5 Å². The van der Waals surface area contributed by atoms with Crippen LogP contribution in [0.15, 0.2) is 78.5 Å². The van der Waals surface area contributed by atoms with Crippen LogP contribution in [-0.4, -0.2) is 6.21 Å². The molecule has 0 spiro atoms. The predicted octanol–water partition coefficient (Wildman–Crippen LogP) is 4.21. The first-order chi connectivity index (χ1) is 13.2. The third-order valence-corrected chi connectivity index (χ3v) is 4.78. The number of aromatic nitrogens is 2. The zero-order valence-electron chi connectivity index (χ0n) is 14.8. The number of aryl methyl sites for hydroxylation is 2. The Morgan fingerprint density at radius 2 is 1.44 bits per heavy atom. The molecule has 0 unspecified atom stereocenters. The van der Waals surface area contributed by atoms with Crippen LogP contribution in [0.5, 0.6) is 0 Å². The average molecular weight is 402 g/mol. The topological polar surface area (TPSA) is 29.3 Å². The molecular weight excluding hydrogens is 381 g/mol. The van der Waals surface area contributed by atoms with Gasteiger partial charge in [0.25, 0.3) is 0 Å². The van der Waals surface area contributed by atoms with E-state index in [1.54, 1.807) is 24.4 Å². The van der Waals surface area contributed by atoms with Crippen LogP contribution in [0.4, 0.5) is 0 Å². The highest BCUT2D eigenvalue weighted by atomic mass is 35.5. The molecule has 0 amide bonds. The van der Waals surface area contributed by atoms with Gasteiger partial charge in [-0.3, -0.25) is 0 Å². The molecule has 2 heterocycles. The smallest absolute Gasteiger partial charge is 0.169 e. The zero-order chi connectivity index (χ0) is 18.9. The van der Waals surface area contributed by atoms with Crippen molar-refractivity contribution in [3.05, 3.63) is 94.5 Å². The second kappa shape index (κ2) is 10.0. The van der Waals surface area contributed by atoms with Crippen LogP contribution in [0, 0.1) is 0 Å². The summed E-state index contributed by atoms with van der Waals surface area (Å²) in [5.41, 5.74) is 1.70. The van der Waals surface area contributed by atoms with E-state index in [1.165, 1.54) is 0 Å². The molecule has 3 rings (SSSR count). The van der Waals surface area contributed by atoms with Crippen LogP contribution >= 0.6 is 23.2 Å². The molecule has 0 aliphatic carbocycles. The van der Waals surface area contributed by atoms with E-state index in [0.717, 1.165) is 30.6 Å². The molecule has 0 aliphatic rings. The SMILES string of the molecule is Clc1cccc(Cl)c1CO/N=C/c1cc[n+](CCC[n+]2ccccc2)cc1. The van der Waals surface area contributed by atoms with Crippen LogP contribution in [0.2, 0.25) is 10.0 Å². The third kappa shape index (κ3) is 6.05. The largest absolute Gasteiger partial charge is 0.391 e. The monoisotopic (exact) mass is 401 g/mol. The Balaban J connectivity index is 1.45. The number of hydrogen-bond donors (Lipinski definition) is 0. The van der Waals surface area contributed by atoms with Crippen molar-refractivity contribution < 1.29 is 14.0 Å². The van der Waals surface area contributed by atoms with Crippen molar-refractivity contribution in [2.45, 2.75) is 26.1 Å². The molecule has 0 fully saturated rings. The molecule has 1 aromatic carbocycles. The Hall–Kier alpha value is -2.43. The minimum Gasteiger partial charge on any atom is -0.391 e. The number of hydrogen-bond acceptors (Lipinski definition) is 2. The van der Waals surface area contributed by atoms with Crippen molar-refractivity contribution in [2.24, 2.45) is 5.16 Å². The molecule has 4 nitrogen and oxygen atoms in total. The Bertz CT molecular complexity index is 863. The summed E-state index contributed by atoms with van der Waals surface area (Å²) in [6.07, 6.45) is 11.0. The van der Waals surface area contributed by atoms with Crippen molar-refractivity contribution in [3.8, 4) is 0 Å². The lowest BCUT2D eigenvalue weighted by Crippen LogP contribution is -2.38. The summed E-state index contributed by atoms with van der Waals surface area (Å²) >= 11 is 12.2. The molecule has 27 heavy (non-hydrogen) atoms. The number of oxime groups is 1. The molecule has 0 aliphatic heterocycles. The van der Waals surface area contributed by atoms with Gasteiger partial charge in [0.05, 0.1) is 12.6 Å². The Labute approximate surface area is 169 Å². The molecule has 2 aromatic heterocycles. The van der Waals surface area contributed by atoms with Gasteiger partial charge in [-0.25, -0.2) is 9.13 Å². The highest BCUT2D eigenvalue weighted by Gasteiger charge is 2.06. The molecule has 0 radical (unpaired) electrons. The molecule has 3 aromatic rings. The lowest BCUT2D eigenvalue weighted by Gasteiger charge is -2.04. The first-order valence-electron chi connectivity index (χ1n) is 8.74. The summed E-state index contributed by atoms with van der Waals surface area (Å²) in [5, 5.41) is 5.15. The summed E-state index contributed by atoms with van der Waals surface area (Å²) in [4.78, 5) is 5.32. The van der Waals surface area contributed by atoms with Gasteiger partial charge in [-0.15, -0.1) is 0 Å². The molecule has 0 bridgehead atoms. The van der Waals surface area contributed by atoms with Crippen molar-refractivity contribution in [1.82, 2.24) is 0 Å². The quantitative estimate of drug-likeness (QED) is 0.315. The molecule has 0 atom stereocenters. The standard InChI is InChI=1S/C21H21Cl2N3O/c22-20-6-4-7-21(23)19(20)17-27-24-16-18-8-14-26(15-9-18)13-5-12-25-10-2-1-3-11-25/h1-4,6-11,14-16H,5,12-13,17H2/q+2/b24-16+. The molecular formula is C21H21Cl2N3O+2. The molecule has 6 heteroatoms. The fraction of sp³-hybridized carbons (Fsp3) is 0.190. The third-order valence-electron chi connectivity index (χ3n) is 4.07. The summed E-state index contributed by atoms with van der Waals surface area (Å²) in [6, 6.07) is 15.5. The van der Waals surface area contributed by atoms with E-state index in [2.05, 4.69) is 26.7 Å². The van der Waals surface area contributed by atoms with Gasteiger partial charge in [-0.2, -0.15) is 0 Å².